The van der Waals surface area contributed by atoms with Crippen molar-refractivity contribution < 1.29 is 4.79 Å². The molecule has 0 amide bonds. The summed E-state index contributed by atoms with van der Waals surface area (Å²) < 4.78 is 0. The van der Waals surface area contributed by atoms with Gasteiger partial charge in [0.2, 0.25) is 0 Å². The van der Waals surface area contributed by atoms with Gasteiger partial charge in [-0.25, -0.2) is 0 Å². The van der Waals surface area contributed by atoms with Crippen LogP contribution in [0.1, 0.15) is 0 Å². The Labute approximate surface area is 106 Å². The van der Waals surface area contributed by atoms with E-state index in [9.17, 15) is 0 Å². The lowest BCUT2D eigenvalue weighted by molar-refractivity contribution is -0.0979. The highest BCUT2D eigenvalue weighted by Gasteiger charge is 1.74. The molecule has 2 aromatic heterocycles. The number of carbonyl (C=O) groups is 1. The van der Waals surface area contributed by atoms with Crippen LogP contribution in [-0.2, 0) is 4.79 Å². The summed E-state index contributed by atoms with van der Waals surface area (Å²) in [6, 6.07) is 7.35. The minimum Gasteiger partial charge on any atom is -0.307 e. The number of aromatic nitrogens is 2. The summed E-state index contributed by atoms with van der Waals surface area (Å²) >= 11 is 8.09. The zero-order valence-corrected chi connectivity index (χ0v) is 10.3. The predicted octanol–water partition coefficient (Wildman–Crippen LogP) is 2.56. The Hall–Kier alpha value is -1.33. The summed E-state index contributed by atoms with van der Waals surface area (Å²) in [5.74, 6) is 0. The van der Waals surface area contributed by atoms with E-state index in [0.29, 0.717) is 0 Å². The van der Waals surface area contributed by atoms with Crippen molar-refractivity contribution in [2.75, 3.05) is 0 Å². The Morgan fingerprint density at radius 3 is 1.12 bits per heavy atom. The number of hydrogen-bond acceptors (Lipinski definition) is 5. The van der Waals surface area contributed by atoms with E-state index in [1.54, 1.807) is 24.8 Å². The second kappa shape index (κ2) is 10.2. The highest BCUT2D eigenvalue weighted by Crippen LogP contribution is 1.99. The molecule has 0 aromatic carbocycles. The minimum atomic E-state index is 0.954. The summed E-state index contributed by atoms with van der Waals surface area (Å²) in [6.07, 6.45) is 6.84. The number of pyridine rings is 2. The van der Waals surface area contributed by atoms with E-state index in [-0.39, 0.29) is 0 Å². The minimum absolute atomic E-state index is 0.954. The van der Waals surface area contributed by atoms with Gasteiger partial charge in [0.1, 0.15) is 6.79 Å². The molecule has 0 spiro atoms. The van der Waals surface area contributed by atoms with Gasteiger partial charge in [0.25, 0.3) is 0 Å². The average molecular weight is 252 g/mol. The van der Waals surface area contributed by atoms with Crippen molar-refractivity contribution >= 4 is 32.0 Å². The van der Waals surface area contributed by atoms with Gasteiger partial charge in [0.15, 0.2) is 0 Å². The van der Waals surface area contributed by atoms with Crippen molar-refractivity contribution in [2.24, 2.45) is 0 Å². The standard InChI is InChI=1S/2C5H5NS.CH2O/c2*7-5-1-3-6-4-2-5;1-2/h2*1-4H,(H,6,7);1H2. The molecule has 0 aliphatic rings. The third-order valence-corrected chi connectivity index (χ3v) is 1.92. The van der Waals surface area contributed by atoms with E-state index < -0.39 is 0 Å². The van der Waals surface area contributed by atoms with Gasteiger partial charge in [-0.15, -0.1) is 25.3 Å². The van der Waals surface area contributed by atoms with Crippen molar-refractivity contribution in [1.29, 1.82) is 0 Å². The van der Waals surface area contributed by atoms with Crippen LogP contribution in [0, 0.1) is 0 Å². The molecule has 16 heavy (non-hydrogen) atoms. The lowest BCUT2D eigenvalue weighted by atomic mass is 10.5. The molecule has 0 bridgehead atoms. The maximum absolute atomic E-state index is 8.00. The summed E-state index contributed by atoms with van der Waals surface area (Å²) in [7, 11) is 0. The lowest BCUT2D eigenvalue weighted by Crippen LogP contribution is -1.64. The zero-order chi connectivity index (χ0) is 12.2. The number of carbonyl (C=O) groups excluding carboxylic acids is 1. The van der Waals surface area contributed by atoms with Crippen LogP contribution in [0.3, 0.4) is 0 Å². The van der Waals surface area contributed by atoms with Gasteiger partial charge in [-0.2, -0.15) is 0 Å². The van der Waals surface area contributed by atoms with E-state index in [1.165, 1.54) is 0 Å². The van der Waals surface area contributed by atoms with Crippen LogP contribution in [0.5, 0.6) is 0 Å². The molecule has 0 atom stereocenters. The van der Waals surface area contributed by atoms with E-state index in [4.69, 9.17) is 4.79 Å². The van der Waals surface area contributed by atoms with Crippen molar-refractivity contribution in [2.45, 2.75) is 9.79 Å². The molecule has 0 fully saturated rings. The SMILES string of the molecule is C=O.Sc1ccncc1.Sc1ccncc1. The number of rotatable bonds is 0. The molecule has 0 N–H and O–H groups in total. The second-order valence-corrected chi connectivity index (χ2v) is 3.44. The molecule has 2 heterocycles. The zero-order valence-electron chi connectivity index (χ0n) is 8.52. The maximum atomic E-state index is 8.00. The molecule has 84 valence electrons. The molecular weight excluding hydrogens is 240 g/mol. The lowest BCUT2D eigenvalue weighted by Gasteiger charge is -1.81. The fraction of sp³-hybridized carbons (Fsp3) is 0. The van der Waals surface area contributed by atoms with Gasteiger partial charge in [0, 0.05) is 34.6 Å². The molecule has 2 aromatic rings. The first-order valence-electron chi connectivity index (χ1n) is 4.26. The van der Waals surface area contributed by atoms with Crippen LogP contribution in [0.2, 0.25) is 0 Å². The molecular formula is C11H12N2OS2. The molecule has 0 aliphatic heterocycles. The quantitative estimate of drug-likeness (QED) is 0.708. The Kier molecular flexibility index (Phi) is 9.35. The van der Waals surface area contributed by atoms with Crippen molar-refractivity contribution in [3.8, 4) is 0 Å². The van der Waals surface area contributed by atoms with E-state index >= 15 is 0 Å². The third kappa shape index (κ3) is 8.02. The van der Waals surface area contributed by atoms with Gasteiger partial charge in [-0.1, -0.05) is 0 Å². The summed E-state index contributed by atoms with van der Waals surface area (Å²) in [6.45, 7) is 2.00. The fourth-order valence-corrected chi connectivity index (χ4v) is 0.955. The highest BCUT2D eigenvalue weighted by molar-refractivity contribution is 7.80. The maximum Gasteiger partial charge on any atom is 0.106 e. The first kappa shape index (κ1) is 14.7. The van der Waals surface area contributed by atoms with Crippen LogP contribution in [0.25, 0.3) is 0 Å². The van der Waals surface area contributed by atoms with Crippen molar-refractivity contribution in [3.05, 3.63) is 49.1 Å². The number of nitrogens with zero attached hydrogens (tertiary/aromatic N) is 2. The van der Waals surface area contributed by atoms with Gasteiger partial charge in [-0.3, -0.25) is 9.97 Å². The summed E-state index contributed by atoms with van der Waals surface area (Å²) in [4.78, 5) is 17.5. The van der Waals surface area contributed by atoms with Gasteiger partial charge < -0.3 is 4.79 Å². The van der Waals surface area contributed by atoms with Crippen molar-refractivity contribution in [3.63, 3.8) is 0 Å². The molecule has 0 saturated heterocycles. The largest absolute Gasteiger partial charge is 0.307 e. The van der Waals surface area contributed by atoms with E-state index in [1.807, 2.05) is 31.1 Å². The highest BCUT2D eigenvalue weighted by atomic mass is 32.1. The third-order valence-electron chi connectivity index (χ3n) is 1.33. The fourth-order valence-electron chi connectivity index (χ4n) is 0.688. The summed E-state index contributed by atoms with van der Waals surface area (Å²) in [5.41, 5.74) is 0. The Bertz CT molecular complexity index is 333. The molecule has 2 rings (SSSR count). The number of hydrogen-bond donors (Lipinski definition) is 2. The monoisotopic (exact) mass is 252 g/mol. The van der Waals surface area contributed by atoms with E-state index in [0.717, 1.165) is 9.79 Å². The van der Waals surface area contributed by atoms with Gasteiger partial charge in [0.05, 0.1) is 0 Å². The van der Waals surface area contributed by atoms with Crippen LogP contribution in [0.15, 0.2) is 58.8 Å². The molecule has 5 heteroatoms. The summed E-state index contributed by atoms with van der Waals surface area (Å²) in [5, 5.41) is 0. The Balaban J connectivity index is 0.000000244. The molecule has 0 radical (unpaired) electrons. The van der Waals surface area contributed by atoms with Gasteiger partial charge >= 0.3 is 0 Å². The van der Waals surface area contributed by atoms with Crippen LogP contribution in [-0.4, -0.2) is 16.8 Å². The molecule has 3 nitrogen and oxygen atoms in total. The number of thiol groups is 2. The van der Waals surface area contributed by atoms with Crippen LogP contribution < -0.4 is 0 Å². The smallest absolute Gasteiger partial charge is 0.106 e. The Morgan fingerprint density at radius 1 is 0.750 bits per heavy atom. The topological polar surface area (TPSA) is 42.9 Å². The first-order valence-corrected chi connectivity index (χ1v) is 5.15. The first-order chi connectivity index (χ1) is 7.79. The van der Waals surface area contributed by atoms with E-state index in [2.05, 4.69) is 35.2 Å². The average Bonchev–Trinajstić information content (AvgIpc) is 2.34. The van der Waals surface area contributed by atoms with Crippen molar-refractivity contribution in [1.82, 2.24) is 9.97 Å². The second-order valence-electron chi connectivity index (χ2n) is 2.41. The predicted molar refractivity (Wildman–Crippen MR) is 70.1 cm³/mol. The van der Waals surface area contributed by atoms with Crippen LogP contribution in [0.4, 0.5) is 0 Å². The van der Waals surface area contributed by atoms with Crippen LogP contribution >= 0.6 is 25.3 Å². The van der Waals surface area contributed by atoms with Gasteiger partial charge in [-0.05, 0) is 24.3 Å². The normalized spacial score (nSPS) is 7.88. The molecule has 0 unspecified atom stereocenters. The Morgan fingerprint density at radius 2 is 1.00 bits per heavy atom. The molecule has 0 aliphatic carbocycles. The molecule has 0 saturated carbocycles.